The highest BCUT2D eigenvalue weighted by molar-refractivity contribution is 6.09. The fourth-order valence-electron chi connectivity index (χ4n) is 9.57. The first kappa shape index (κ1) is 38.2. The molecule has 7 aromatic carbocycles. The van der Waals surface area contributed by atoms with Crippen molar-refractivity contribution < 1.29 is 27.0 Å². The van der Waals surface area contributed by atoms with E-state index >= 15 is 17.6 Å². The van der Waals surface area contributed by atoms with Crippen molar-refractivity contribution in [2.75, 3.05) is 7.11 Å². The summed E-state index contributed by atoms with van der Waals surface area (Å²) in [6.45, 7) is 3.90. The highest BCUT2D eigenvalue weighted by atomic mass is 19.1. The second-order valence-electron chi connectivity index (χ2n) is 15.6. The molecule has 2 heterocycles. The van der Waals surface area contributed by atoms with Crippen molar-refractivity contribution in [1.82, 2.24) is 9.97 Å². The molecule has 0 bridgehead atoms. The van der Waals surface area contributed by atoms with Gasteiger partial charge in [0.25, 0.3) is 0 Å². The Hall–Kier alpha value is -7.06. The molecule has 0 fully saturated rings. The molecule has 0 radical (unpaired) electrons. The van der Waals surface area contributed by atoms with E-state index in [1.807, 2.05) is 141 Å². The van der Waals surface area contributed by atoms with Crippen molar-refractivity contribution in [3.63, 3.8) is 0 Å². The number of ether oxygens (including phenoxy) is 2. The average Bonchev–Trinajstić information content (AvgIpc) is 3.60. The van der Waals surface area contributed by atoms with Crippen LogP contribution < -0.4 is 9.47 Å². The van der Waals surface area contributed by atoms with Crippen molar-refractivity contribution in [3.05, 3.63) is 197 Å². The molecule has 0 amide bonds. The lowest BCUT2D eigenvalue weighted by Crippen LogP contribution is -2.35. The number of fused-ring (bicyclic) bond motifs is 8. The highest BCUT2D eigenvalue weighted by Gasteiger charge is 2.49. The van der Waals surface area contributed by atoms with Gasteiger partial charge in [-0.05, 0) is 71.3 Å². The van der Waals surface area contributed by atoms with Crippen LogP contribution in [0.15, 0.2) is 146 Å². The number of nitrogens with zero attached hydrogens (tertiary/aromatic N) is 2. The van der Waals surface area contributed by atoms with E-state index in [2.05, 4.69) is 0 Å². The fraction of sp³-hybridized carbons (Fsp3) is 0.132. The number of methoxy groups -OCH3 is 1. The number of benzene rings is 7. The third-order valence-corrected chi connectivity index (χ3v) is 12.5. The molecular weight excluding hydrogens is 773 g/mol. The molecule has 0 N–H and O–H groups in total. The van der Waals surface area contributed by atoms with Gasteiger partial charge in [-0.25, -0.2) is 27.5 Å². The predicted octanol–water partition coefficient (Wildman–Crippen LogP) is 13.6. The van der Waals surface area contributed by atoms with Gasteiger partial charge in [-0.3, -0.25) is 0 Å². The summed E-state index contributed by atoms with van der Waals surface area (Å²) < 4.78 is 76.0. The molecular formula is C53H38F4N2O2. The Morgan fingerprint density at radius 3 is 1.77 bits per heavy atom. The third-order valence-electron chi connectivity index (χ3n) is 12.5. The van der Waals surface area contributed by atoms with Crippen LogP contribution in [0.5, 0.6) is 11.5 Å². The second kappa shape index (κ2) is 14.6. The van der Waals surface area contributed by atoms with Crippen LogP contribution in [0, 0.1) is 23.3 Å². The summed E-state index contributed by atoms with van der Waals surface area (Å²) >= 11 is 0. The molecule has 0 saturated heterocycles. The third kappa shape index (κ3) is 5.95. The zero-order chi connectivity index (χ0) is 42.0. The van der Waals surface area contributed by atoms with Gasteiger partial charge in [-0.15, -0.1) is 0 Å². The molecule has 1 atom stereocenters. The summed E-state index contributed by atoms with van der Waals surface area (Å²) in [5.41, 5.74) is 5.56. The lowest BCUT2D eigenvalue weighted by atomic mass is 9.71. The summed E-state index contributed by atoms with van der Waals surface area (Å²) in [5.74, 6) is -1.79. The van der Waals surface area contributed by atoms with Crippen LogP contribution in [0.3, 0.4) is 0 Å². The van der Waals surface area contributed by atoms with Crippen molar-refractivity contribution >= 4 is 16.8 Å². The van der Waals surface area contributed by atoms with Crippen LogP contribution in [0.1, 0.15) is 54.5 Å². The zero-order valence-electron chi connectivity index (χ0n) is 33.6. The Labute approximate surface area is 350 Å². The summed E-state index contributed by atoms with van der Waals surface area (Å²) in [5, 5.41) is 0.201. The molecule has 8 heteroatoms. The topological polar surface area (TPSA) is 44.2 Å². The molecule has 1 aliphatic carbocycles. The maximum atomic E-state index is 16.6. The first-order chi connectivity index (χ1) is 29.7. The van der Waals surface area contributed by atoms with Gasteiger partial charge in [-0.1, -0.05) is 117 Å². The SMILES string of the molecule is CCC1(CC)c2c(F)cc(F)cc2-c2c1c1c(c3c(F)cc(F)cc23)OC(c2ccc(OC)cc2)(c2ccc(-c3nc(-c4ccccc4)cc(-c4ccccc4)n3)cc2)C=C1. The Kier molecular flexibility index (Phi) is 9.13. The molecule has 1 unspecified atom stereocenters. The average molecular weight is 811 g/mol. The van der Waals surface area contributed by atoms with E-state index in [4.69, 9.17) is 19.4 Å². The zero-order valence-corrected chi connectivity index (χ0v) is 33.6. The lowest BCUT2D eigenvalue weighted by Gasteiger charge is -2.39. The van der Waals surface area contributed by atoms with Gasteiger partial charge in [0.15, 0.2) is 11.4 Å². The lowest BCUT2D eigenvalue weighted by molar-refractivity contribution is 0.162. The predicted molar refractivity (Wildman–Crippen MR) is 232 cm³/mol. The maximum absolute atomic E-state index is 16.6. The molecule has 0 spiro atoms. The van der Waals surface area contributed by atoms with Gasteiger partial charge in [0, 0.05) is 56.5 Å². The minimum absolute atomic E-state index is 0.0206. The Bertz CT molecular complexity index is 2980. The van der Waals surface area contributed by atoms with Crippen molar-refractivity contribution in [3.8, 4) is 56.5 Å². The van der Waals surface area contributed by atoms with Crippen LogP contribution in [0.4, 0.5) is 17.6 Å². The van der Waals surface area contributed by atoms with Gasteiger partial charge >= 0.3 is 0 Å². The van der Waals surface area contributed by atoms with E-state index in [9.17, 15) is 0 Å². The van der Waals surface area contributed by atoms with Crippen LogP contribution in [0.2, 0.25) is 0 Å². The molecule has 4 nitrogen and oxygen atoms in total. The van der Waals surface area contributed by atoms with Crippen LogP contribution in [-0.2, 0) is 11.0 Å². The van der Waals surface area contributed by atoms with E-state index in [-0.39, 0.29) is 16.5 Å². The number of aromatic nitrogens is 2. The normalized spacial score (nSPS) is 15.9. The number of halogens is 4. The van der Waals surface area contributed by atoms with E-state index in [1.54, 1.807) is 7.11 Å². The van der Waals surface area contributed by atoms with Crippen LogP contribution in [-0.4, -0.2) is 17.1 Å². The Morgan fingerprint density at radius 1 is 0.607 bits per heavy atom. The molecule has 61 heavy (non-hydrogen) atoms. The number of rotatable bonds is 8. The van der Waals surface area contributed by atoms with Gasteiger partial charge in [-0.2, -0.15) is 0 Å². The summed E-state index contributed by atoms with van der Waals surface area (Å²) in [6, 6.07) is 41.3. The summed E-state index contributed by atoms with van der Waals surface area (Å²) in [7, 11) is 1.59. The smallest absolute Gasteiger partial charge is 0.178 e. The molecule has 0 saturated carbocycles. The molecule has 8 aromatic rings. The summed E-state index contributed by atoms with van der Waals surface area (Å²) in [4.78, 5) is 10.0. The van der Waals surface area contributed by atoms with Crippen LogP contribution in [0.25, 0.3) is 61.9 Å². The van der Waals surface area contributed by atoms with E-state index in [0.29, 0.717) is 63.4 Å². The van der Waals surface area contributed by atoms with E-state index < -0.39 is 34.3 Å². The minimum atomic E-state index is -1.34. The Morgan fingerprint density at radius 2 is 1.18 bits per heavy atom. The number of hydrogen-bond donors (Lipinski definition) is 0. The van der Waals surface area contributed by atoms with Crippen LogP contribution >= 0.6 is 0 Å². The van der Waals surface area contributed by atoms with E-state index in [1.165, 1.54) is 12.1 Å². The largest absolute Gasteiger partial charge is 0.497 e. The molecule has 2 aliphatic rings. The van der Waals surface area contributed by atoms with E-state index in [0.717, 1.165) is 40.2 Å². The monoisotopic (exact) mass is 810 g/mol. The maximum Gasteiger partial charge on any atom is 0.178 e. The second-order valence-corrected chi connectivity index (χ2v) is 15.6. The quantitative estimate of drug-likeness (QED) is 0.143. The standard InChI is InChI=1S/C53H38F4N2O2/c1-4-52(5-2)48-41(27-37(55)29-43(48)57)46-40-26-36(54)28-42(56)47(40)50-39(49(46)52)24-25-53(61-50,35-20-22-38(60-3)23-21-35)34-18-16-33(17-19-34)51-58-44(31-12-8-6-9-13-31)30-45(59-51)32-14-10-7-11-15-32/h6-30H,4-5H2,1-3H3. The van der Waals surface area contributed by atoms with Crippen molar-refractivity contribution in [2.24, 2.45) is 0 Å². The first-order valence-corrected chi connectivity index (χ1v) is 20.3. The molecule has 1 aliphatic heterocycles. The Balaban J connectivity index is 1.19. The van der Waals surface area contributed by atoms with Crippen molar-refractivity contribution in [2.45, 2.75) is 37.7 Å². The van der Waals surface area contributed by atoms with Gasteiger partial charge < -0.3 is 9.47 Å². The van der Waals surface area contributed by atoms with Gasteiger partial charge in [0.2, 0.25) is 0 Å². The van der Waals surface area contributed by atoms with Gasteiger partial charge in [0.05, 0.1) is 23.9 Å². The van der Waals surface area contributed by atoms with Crippen molar-refractivity contribution in [1.29, 1.82) is 0 Å². The number of hydrogen-bond acceptors (Lipinski definition) is 4. The summed E-state index contributed by atoms with van der Waals surface area (Å²) in [6.07, 6.45) is 4.72. The molecule has 1 aromatic heterocycles. The molecule has 300 valence electrons. The fourth-order valence-corrected chi connectivity index (χ4v) is 9.57. The van der Waals surface area contributed by atoms with Gasteiger partial charge in [0.1, 0.15) is 34.8 Å². The minimum Gasteiger partial charge on any atom is -0.497 e. The highest BCUT2D eigenvalue weighted by Crippen LogP contribution is 2.61. The molecule has 10 rings (SSSR count). The first-order valence-electron chi connectivity index (χ1n) is 20.3.